The first-order valence-corrected chi connectivity index (χ1v) is 9.55. The van der Waals surface area contributed by atoms with Gasteiger partial charge in [-0.2, -0.15) is 4.98 Å². The van der Waals surface area contributed by atoms with Gasteiger partial charge in [0.15, 0.2) is 0 Å². The molecule has 7 nitrogen and oxygen atoms in total. The molecule has 0 aliphatic carbocycles. The Morgan fingerprint density at radius 3 is 2.83 bits per heavy atom. The quantitative estimate of drug-likeness (QED) is 0.762. The van der Waals surface area contributed by atoms with Gasteiger partial charge in [0, 0.05) is 28.7 Å². The average Bonchev–Trinajstić information content (AvgIpc) is 2.76. The molecule has 3 rings (SSSR count). The van der Waals surface area contributed by atoms with Gasteiger partial charge in [0.2, 0.25) is 21.2 Å². The Kier molecular flexibility index (Phi) is 4.30. The minimum atomic E-state index is -3.64. The molecule has 1 aromatic heterocycles. The first-order valence-electron chi connectivity index (χ1n) is 6.66. The molecular formula is C13H12BrClN4O3S. The summed E-state index contributed by atoms with van der Waals surface area (Å²) >= 11 is 9.32. The van der Waals surface area contributed by atoms with Crippen LogP contribution in [-0.4, -0.2) is 36.6 Å². The molecule has 1 aromatic carbocycles. The second-order valence-electron chi connectivity index (χ2n) is 5.38. The Morgan fingerprint density at radius 1 is 1.39 bits per heavy atom. The van der Waals surface area contributed by atoms with Gasteiger partial charge in [0.25, 0.3) is 0 Å². The van der Waals surface area contributed by atoms with Gasteiger partial charge in [0.1, 0.15) is 5.82 Å². The summed E-state index contributed by atoms with van der Waals surface area (Å²) in [5.74, 6) is -0.443. The zero-order chi connectivity index (χ0) is 16.8. The number of carbonyl (C=O) groups excluding carboxylic acids is 1. The summed E-state index contributed by atoms with van der Waals surface area (Å²) in [4.78, 5) is 22.0. The van der Waals surface area contributed by atoms with Crippen LogP contribution in [0.25, 0.3) is 10.9 Å². The highest BCUT2D eigenvalue weighted by Gasteiger charge is 2.34. The van der Waals surface area contributed by atoms with Crippen LogP contribution in [0.3, 0.4) is 0 Å². The number of nitrogens with zero attached hydrogens (tertiary/aromatic N) is 3. The summed E-state index contributed by atoms with van der Waals surface area (Å²) in [5.41, 5.74) is 0.603. The van der Waals surface area contributed by atoms with Crippen LogP contribution in [0.5, 0.6) is 0 Å². The van der Waals surface area contributed by atoms with Crippen molar-refractivity contribution in [2.45, 2.75) is 6.42 Å². The number of anilines is 1. The predicted molar refractivity (Wildman–Crippen MR) is 90.7 cm³/mol. The lowest BCUT2D eigenvalue weighted by molar-refractivity contribution is -0.117. The van der Waals surface area contributed by atoms with Crippen LogP contribution in [0.15, 0.2) is 22.7 Å². The Hall–Kier alpha value is -1.29. The molecule has 1 fully saturated rings. The molecule has 122 valence electrons. The maximum atomic E-state index is 12.3. The third-order valence-corrected chi connectivity index (χ3v) is 5.14. The number of nitrogens with two attached hydrogens (primary N) is 1. The van der Waals surface area contributed by atoms with Gasteiger partial charge in [-0.05, 0) is 29.8 Å². The minimum absolute atomic E-state index is 0.0255. The number of sulfonamides is 1. The van der Waals surface area contributed by atoms with Crippen LogP contribution in [-0.2, 0) is 14.8 Å². The lowest BCUT2D eigenvalue weighted by Gasteiger charge is -2.17. The maximum absolute atomic E-state index is 12.3. The smallest absolute Gasteiger partial charge is 0.228 e. The van der Waals surface area contributed by atoms with Gasteiger partial charge in [0.05, 0.1) is 11.3 Å². The van der Waals surface area contributed by atoms with E-state index in [9.17, 15) is 13.2 Å². The standard InChI is InChI=1S/C13H12BrClN4O3S/c14-8-1-2-10-9(4-8)12(18-13(15)17-10)19-5-7(3-11(19)20)6-23(16,21)22/h1-2,4,7H,3,5-6H2,(H2,16,21,22). The third kappa shape index (κ3) is 3.63. The number of amides is 1. The highest BCUT2D eigenvalue weighted by Crippen LogP contribution is 2.32. The molecule has 1 aliphatic heterocycles. The summed E-state index contributed by atoms with van der Waals surface area (Å²) in [5, 5.41) is 5.75. The van der Waals surface area contributed by atoms with Crippen LogP contribution in [0, 0.1) is 5.92 Å². The number of halogens is 2. The van der Waals surface area contributed by atoms with E-state index in [0.29, 0.717) is 16.7 Å². The molecule has 0 spiro atoms. The van der Waals surface area contributed by atoms with Gasteiger partial charge in [-0.1, -0.05) is 15.9 Å². The van der Waals surface area contributed by atoms with Crippen molar-refractivity contribution in [1.82, 2.24) is 9.97 Å². The minimum Gasteiger partial charge on any atom is -0.296 e. The molecule has 1 atom stereocenters. The van der Waals surface area contributed by atoms with Crippen molar-refractivity contribution in [3.8, 4) is 0 Å². The molecule has 2 heterocycles. The maximum Gasteiger partial charge on any atom is 0.228 e. The fourth-order valence-electron chi connectivity index (χ4n) is 2.69. The van der Waals surface area contributed by atoms with E-state index < -0.39 is 10.0 Å². The van der Waals surface area contributed by atoms with Crippen molar-refractivity contribution in [2.75, 3.05) is 17.2 Å². The lowest BCUT2D eigenvalue weighted by atomic mass is 10.1. The van der Waals surface area contributed by atoms with Crippen LogP contribution >= 0.6 is 27.5 Å². The van der Waals surface area contributed by atoms with Gasteiger partial charge >= 0.3 is 0 Å². The highest BCUT2D eigenvalue weighted by atomic mass is 79.9. The molecule has 0 saturated carbocycles. The molecule has 1 amide bonds. The molecular weight excluding hydrogens is 408 g/mol. The fraction of sp³-hybridized carbons (Fsp3) is 0.308. The first kappa shape index (κ1) is 16.6. The van der Waals surface area contributed by atoms with Crippen LogP contribution in [0.1, 0.15) is 6.42 Å². The third-order valence-electron chi connectivity index (χ3n) is 3.54. The normalized spacial score (nSPS) is 18.8. The summed E-state index contributed by atoms with van der Waals surface area (Å²) in [6.07, 6.45) is 0.105. The van der Waals surface area contributed by atoms with Crippen molar-refractivity contribution in [2.24, 2.45) is 11.1 Å². The van der Waals surface area contributed by atoms with E-state index in [1.165, 1.54) is 4.90 Å². The van der Waals surface area contributed by atoms with E-state index in [1.54, 1.807) is 12.1 Å². The number of primary sulfonamides is 1. The topological polar surface area (TPSA) is 106 Å². The second-order valence-corrected chi connectivity index (χ2v) is 8.29. The Labute approximate surface area is 146 Å². The van der Waals surface area contributed by atoms with Gasteiger partial charge in [-0.3, -0.25) is 9.69 Å². The molecule has 0 bridgehead atoms. The number of carbonyl (C=O) groups is 1. The monoisotopic (exact) mass is 418 g/mol. The molecule has 1 aliphatic rings. The summed E-state index contributed by atoms with van der Waals surface area (Å²) in [6, 6.07) is 5.37. The first-order chi connectivity index (χ1) is 10.7. The number of fused-ring (bicyclic) bond motifs is 1. The van der Waals surface area contributed by atoms with E-state index in [-0.39, 0.29) is 35.8 Å². The van der Waals surface area contributed by atoms with Crippen LogP contribution in [0.2, 0.25) is 5.28 Å². The number of benzene rings is 1. The summed E-state index contributed by atoms with van der Waals surface area (Å²) in [7, 11) is -3.64. The Bertz CT molecular complexity index is 905. The number of hydrogen-bond donors (Lipinski definition) is 1. The lowest BCUT2D eigenvalue weighted by Crippen LogP contribution is -2.28. The number of aromatic nitrogens is 2. The van der Waals surface area contributed by atoms with Crippen LogP contribution < -0.4 is 10.0 Å². The molecule has 10 heteroatoms. The van der Waals surface area contributed by atoms with Crippen molar-refractivity contribution >= 4 is 60.2 Å². The van der Waals surface area contributed by atoms with E-state index in [2.05, 4.69) is 25.9 Å². The molecule has 2 aromatic rings. The predicted octanol–water partition coefficient (Wildman–Crippen LogP) is 1.69. The van der Waals surface area contributed by atoms with Gasteiger partial charge in [-0.15, -0.1) is 0 Å². The van der Waals surface area contributed by atoms with Crippen molar-refractivity contribution < 1.29 is 13.2 Å². The number of rotatable bonds is 3. The molecule has 1 saturated heterocycles. The Balaban J connectivity index is 2.03. The fourth-order valence-corrected chi connectivity index (χ4v) is 4.10. The summed E-state index contributed by atoms with van der Waals surface area (Å²) in [6.45, 7) is 0.226. The van der Waals surface area contributed by atoms with E-state index >= 15 is 0 Å². The second kappa shape index (κ2) is 5.97. The van der Waals surface area contributed by atoms with Gasteiger partial charge in [-0.25, -0.2) is 18.5 Å². The van der Waals surface area contributed by atoms with Crippen molar-refractivity contribution in [3.63, 3.8) is 0 Å². The van der Waals surface area contributed by atoms with Crippen molar-refractivity contribution in [3.05, 3.63) is 28.0 Å². The molecule has 1 unspecified atom stereocenters. The summed E-state index contributed by atoms with van der Waals surface area (Å²) < 4.78 is 23.3. The van der Waals surface area contributed by atoms with E-state index in [1.807, 2.05) is 6.07 Å². The molecule has 0 radical (unpaired) electrons. The zero-order valence-corrected chi connectivity index (χ0v) is 14.9. The molecule has 2 N–H and O–H groups in total. The van der Waals surface area contributed by atoms with Crippen LogP contribution in [0.4, 0.5) is 5.82 Å². The van der Waals surface area contributed by atoms with Gasteiger partial charge < -0.3 is 0 Å². The SMILES string of the molecule is NS(=O)(=O)CC1CC(=O)N(c2nc(Cl)nc3ccc(Br)cc23)C1. The average molecular weight is 420 g/mol. The largest absolute Gasteiger partial charge is 0.296 e. The van der Waals surface area contributed by atoms with Crippen molar-refractivity contribution in [1.29, 1.82) is 0 Å². The highest BCUT2D eigenvalue weighted by molar-refractivity contribution is 9.10. The Morgan fingerprint density at radius 2 is 2.13 bits per heavy atom. The van der Waals surface area contributed by atoms with E-state index in [0.717, 1.165) is 4.47 Å². The molecule has 23 heavy (non-hydrogen) atoms. The zero-order valence-electron chi connectivity index (χ0n) is 11.7. The number of hydrogen-bond acceptors (Lipinski definition) is 5. The van der Waals surface area contributed by atoms with E-state index in [4.69, 9.17) is 16.7 Å².